The second-order valence-electron chi connectivity index (χ2n) is 3.71. The average Bonchev–Trinajstić information content (AvgIpc) is 2.31. The maximum atomic E-state index is 11.6. The zero-order valence-corrected chi connectivity index (χ0v) is 10.2. The predicted molar refractivity (Wildman–Crippen MR) is 62.6 cm³/mol. The van der Waals surface area contributed by atoms with E-state index in [1.165, 1.54) is 6.92 Å². The summed E-state index contributed by atoms with van der Waals surface area (Å²) in [5.74, 6) is -1.65. The average molecular weight is 236 g/mol. The van der Waals surface area contributed by atoms with Crippen molar-refractivity contribution in [3.05, 3.63) is 29.8 Å². The number of aryl methyl sites for hydroxylation is 1. The molecule has 0 N–H and O–H groups in total. The Kier molecular flexibility index (Phi) is 4.69. The number of carbonyl (C=O) groups is 2. The fraction of sp³-hybridized carbons (Fsp3) is 0.385. The van der Waals surface area contributed by atoms with Crippen molar-refractivity contribution in [2.75, 3.05) is 6.61 Å². The summed E-state index contributed by atoms with van der Waals surface area (Å²) < 4.78 is 9.80. The van der Waals surface area contributed by atoms with Crippen LogP contribution in [-0.4, -0.2) is 18.5 Å². The van der Waals surface area contributed by atoms with Gasteiger partial charge in [0.1, 0.15) is 5.75 Å². The summed E-state index contributed by atoms with van der Waals surface area (Å²) in [6.45, 7) is 5.35. The lowest BCUT2D eigenvalue weighted by Crippen LogP contribution is -2.27. The Labute approximate surface area is 101 Å². The zero-order chi connectivity index (χ0) is 12.8. The fourth-order valence-electron chi connectivity index (χ4n) is 1.17. The molecule has 1 aromatic rings. The lowest BCUT2D eigenvalue weighted by molar-refractivity contribution is -0.156. The van der Waals surface area contributed by atoms with Crippen LogP contribution in [0.4, 0.5) is 0 Å². The maximum Gasteiger partial charge on any atom is 0.325 e. The highest BCUT2D eigenvalue weighted by Crippen LogP contribution is 2.13. The molecule has 0 bridgehead atoms. The van der Waals surface area contributed by atoms with Gasteiger partial charge in [-0.05, 0) is 32.9 Å². The summed E-state index contributed by atoms with van der Waals surface area (Å²) in [5, 5.41) is 0. The van der Waals surface area contributed by atoms with Gasteiger partial charge in [0.15, 0.2) is 5.92 Å². The van der Waals surface area contributed by atoms with Gasteiger partial charge in [0.2, 0.25) is 0 Å². The Bertz CT molecular complexity index is 394. The van der Waals surface area contributed by atoms with Crippen LogP contribution in [0.25, 0.3) is 0 Å². The van der Waals surface area contributed by atoms with Crippen molar-refractivity contribution in [1.82, 2.24) is 0 Å². The first-order valence-corrected chi connectivity index (χ1v) is 5.49. The van der Waals surface area contributed by atoms with Crippen LogP contribution in [0.5, 0.6) is 5.75 Å². The summed E-state index contributed by atoms with van der Waals surface area (Å²) in [4.78, 5) is 22.9. The van der Waals surface area contributed by atoms with Crippen molar-refractivity contribution < 1.29 is 19.1 Å². The SMILES string of the molecule is CCOC(=O)C(C)C(=O)Oc1ccc(C)cc1. The van der Waals surface area contributed by atoms with Gasteiger partial charge in [-0.2, -0.15) is 0 Å². The monoisotopic (exact) mass is 236 g/mol. The van der Waals surface area contributed by atoms with Crippen molar-refractivity contribution in [1.29, 1.82) is 0 Å². The molecule has 0 aliphatic carbocycles. The maximum absolute atomic E-state index is 11.6. The number of hydrogen-bond donors (Lipinski definition) is 0. The van der Waals surface area contributed by atoms with E-state index in [1.54, 1.807) is 19.1 Å². The molecule has 0 amide bonds. The minimum atomic E-state index is -0.906. The van der Waals surface area contributed by atoms with E-state index in [9.17, 15) is 9.59 Å². The van der Waals surface area contributed by atoms with Crippen LogP contribution < -0.4 is 4.74 Å². The molecule has 1 aromatic carbocycles. The van der Waals surface area contributed by atoms with Crippen LogP contribution >= 0.6 is 0 Å². The predicted octanol–water partition coefficient (Wildman–Crippen LogP) is 2.10. The van der Waals surface area contributed by atoms with E-state index >= 15 is 0 Å². The van der Waals surface area contributed by atoms with Crippen molar-refractivity contribution in [2.45, 2.75) is 20.8 Å². The Morgan fingerprint density at radius 2 is 1.76 bits per heavy atom. The lowest BCUT2D eigenvalue weighted by Gasteiger charge is -2.10. The van der Waals surface area contributed by atoms with Crippen molar-refractivity contribution >= 4 is 11.9 Å². The molecule has 0 aliphatic heterocycles. The van der Waals surface area contributed by atoms with E-state index in [-0.39, 0.29) is 6.61 Å². The molecule has 0 fully saturated rings. The van der Waals surface area contributed by atoms with E-state index in [4.69, 9.17) is 9.47 Å². The molecular weight excluding hydrogens is 220 g/mol. The van der Waals surface area contributed by atoms with E-state index < -0.39 is 17.9 Å². The first-order chi connectivity index (χ1) is 8.04. The van der Waals surface area contributed by atoms with Gasteiger partial charge in [0, 0.05) is 0 Å². The van der Waals surface area contributed by atoms with E-state index in [2.05, 4.69) is 0 Å². The van der Waals surface area contributed by atoms with Crippen LogP contribution in [0.15, 0.2) is 24.3 Å². The molecule has 0 saturated heterocycles. The molecule has 1 atom stereocenters. The van der Waals surface area contributed by atoms with Crippen molar-refractivity contribution in [3.63, 3.8) is 0 Å². The number of ether oxygens (including phenoxy) is 2. The number of hydrogen-bond acceptors (Lipinski definition) is 4. The molecular formula is C13H16O4. The van der Waals surface area contributed by atoms with Crippen molar-refractivity contribution in [2.24, 2.45) is 5.92 Å². The third-order valence-electron chi connectivity index (χ3n) is 2.23. The molecule has 0 saturated carbocycles. The topological polar surface area (TPSA) is 52.6 Å². The molecule has 4 nitrogen and oxygen atoms in total. The Balaban J connectivity index is 2.59. The summed E-state index contributed by atoms with van der Waals surface area (Å²) in [6.07, 6.45) is 0. The minimum Gasteiger partial charge on any atom is -0.465 e. The second-order valence-corrected chi connectivity index (χ2v) is 3.71. The normalized spacial score (nSPS) is 11.7. The molecule has 1 rings (SSSR count). The molecule has 1 unspecified atom stereocenters. The smallest absolute Gasteiger partial charge is 0.325 e. The summed E-state index contributed by atoms with van der Waals surface area (Å²) in [6, 6.07) is 7.03. The highest BCUT2D eigenvalue weighted by Gasteiger charge is 2.24. The minimum absolute atomic E-state index is 0.251. The first kappa shape index (κ1) is 13.2. The standard InChI is InChI=1S/C13H16O4/c1-4-16-12(14)10(3)13(15)17-11-7-5-9(2)6-8-11/h5-8,10H,4H2,1-3H3. The summed E-state index contributed by atoms with van der Waals surface area (Å²) >= 11 is 0. The number of rotatable bonds is 4. The molecule has 0 heterocycles. The molecule has 0 radical (unpaired) electrons. The zero-order valence-electron chi connectivity index (χ0n) is 10.2. The Morgan fingerprint density at radius 1 is 1.18 bits per heavy atom. The third-order valence-corrected chi connectivity index (χ3v) is 2.23. The second kappa shape index (κ2) is 6.03. The third kappa shape index (κ3) is 3.90. The molecule has 4 heteroatoms. The molecule has 17 heavy (non-hydrogen) atoms. The fourth-order valence-corrected chi connectivity index (χ4v) is 1.17. The number of benzene rings is 1. The highest BCUT2D eigenvalue weighted by atomic mass is 16.6. The molecule has 0 aromatic heterocycles. The van der Waals surface area contributed by atoms with Gasteiger partial charge in [-0.15, -0.1) is 0 Å². The highest BCUT2D eigenvalue weighted by molar-refractivity contribution is 5.95. The number of esters is 2. The van der Waals surface area contributed by atoms with Gasteiger partial charge >= 0.3 is 11.9 Å². The van der Waals surface area contributed by atoms with E-state index in [0.717, 1.165) is 5.56 Å². The van der Waals surface area contributed by atoms with Crippen LogP contribution in [0.1, 0.15) is 19.4 Å². The Hall–Kier alpha value is -1.84. The Morgan fingerprint density at radius 3 is 2.29 bits per heavy atom. The van der Waals surface area contributed by atoms with E-state index in [0.29, 0.717) is 5.75 Å². The largest absolute Gasteiger partial charge is 0.465 e. The molecule has 0 spiro atoms. The lowest BCUT2D eigenvalue weighted by atomic mass is 10.2. The van der Waals surface area contributed by atoms with Crippen LogP contribution in [0, 0.1) is 12.8 Å². The molecule has 92 valence electrons. The van der Waals surface area contributed by atoms with Gasteiger partial charge < -0.3 is 9.47 Å². The van der Waals surface area contributed by atoms with Gasteiger partial charge in [-0.25, -0.2) is 0 Å². The van der Waals surface area contributed by atoms with Gasteiger partial charge in [0.05, 0.1) is 6.61 Å². The first-order valence-electron chi connectivity index (χ1n) is 5.49. The quantitative estimate of drug-likeness (QED) is 0.456. The van der Waals surface area contributed by atoms with Gasteiger partial charge in [0.25, 0.3) is 0 Å². The van der Waals surface area contributed by atoms with Gasteiger partial charge in [-0.1, -0.05) is 17.7 Å². The van der Waals surface area contributed by atoms with Gasteiger partial charge in [-0.3, -0.25) is 9.59 Å². The van der Waals surface area contributed by atoms with Crippen LogP contribution in [0.3, 0.4) is 0 Å². The van der Waals surface area contributed by atoms with E-state index in [1.807, 2.05) is 19.1 Å². The summed E-state index contributed by atoms with van der Waals surface area (Å²) in [5.41, 5.74) is 1.07. The molecule has 0 aliphatic rings. The van der Waals surface area contributed by atoms with Crippen LogP contribution in [-0.2, 0) is 14.3 Å². The van der Waals surface area contributed by atoms with Crippen molar-refractivity contribution in [3.8, 4) is 5.75 Å². The number of carbonyl (C=O) groups excluding carboxylic acids is 2. The van der Waals surface area contributed by atoms with Crippen LogP contribution in [0.2, 0.25) is 0 Å². The summed E-state index contributed by atoms with van der Waals surface area (Å²) in [7, 11) is 0.